The number of nitrogens with zero attached hydrogens (tertiary/aromatic N) is 1. The fraction of sp³-hybridized carbons (Fsp3) is 0.857. The maximum atomic E-state index is 12.6. The number of hydrogen-bond acceptors (Lipinski definition) is 3. The Hall–Kier alpha value is -1.10. The van der Waals surface area contributed by atoms with Gasteiger partial charge in [-0.2, -0.15) is 0 Å². The summed E-state index contributed by atoms with van der Waals surface area (Å²) in [7, 11) is 0. The summed E-state index contributed by atoms with van der Waals surface area (Å²) in [5.41, 5.74) is -0.332. The second-order valence-electron chi connectivity index (χ2n) is 6.20. The molecule has 0 aromatic heterocycles. The Morgan fingerprint density at radius 1 is 1.21 bits per heavy atom. The zero-order chi connectivity index (χ0) is 14.0. The summed E-state index contributed by atoms with van der Waals surface area (Å²) in [4.78, 5) is 25.6. The maximum Gasteiger partial charge on any atom is 0.307 e. The molecule has 0 aromatic rings. The molecule has 1 saturated heterocycles. The van der Waals surface area contributed by atoms with Gasteiger partial charge in [-0.1, -0.05) is 12.8 Å². The van der Waals surface area contributed by atoms with E-state index in [2.05, 4.69) is 0 Å². The first-order valence-corrected chi connectivity index (χ1v) is 7.06. The molecule has 0 aromatic carbocycles. The lowest BCUT2D eigenvalue weighted by Gasteiger charge is -2.41. The third-order valence-electron chi connectivity index (χ3n) is 4.14. The zero-order valence-corrected chi connectivity index (χ0v) is 11.7. The molecule has 2 aliphatic rings. The number of hydrogen-bond donors (Lipinski definition) is 1. The Morgan fingerprint density at radius 2 is 1.84 bits per heavy atom. The number of carboxylic acids is 1. The minimum absolute atomic E-state index is 0.00322. The SMILES string of the molecule is CC1(C)CN(C(=O)C2CCCCC2C(=O)O)CCO1. The van der Waals surface area contributed by atoms with Crippen LogP contribution < -0.4 is 0 Å². The van der Waals surface area contributed by atoms with Gasteiger partial charge in [0, 0.05) is 13.1 Å². The lowest BCUT2D eigenvalue weighted by molar-refractivity contribution is -0.159. The molecule has 2 atom stereocenters. The van der Waals surface area contributed by atoms with Crippen LogP contribution in [0.1, 0.15) is 39.5 Å². The fourth-order valence-electron chi connectivity index (χ4n) is 3.16. The van der Waals surface area contributed by atoms with Crippen LogP contribution >= 0.6 is 0 Å². The predicted molar refractivity (Wildman–Crippen MR) is 69.7 cm³/mol. The van der Waals surface area contributed by atoms with Gasteiger partial charge >= 0.3 is 5.97 Å². The highest BCUT2D eigenvalue weighted by molar-refractivity contribution is 5.85. The molecular formula is C14H23NO4. The van der Waals surface area contributed by atoms with Crippen molar-refractivity contribution in [3.63, 3.8) is 0 Å². The molecule has 2 fully saturated rings. The number of morpholine rings is 1. The van der Waals surface area contributed by atoms with Crippen LogP contribution in [0, 0.1) is 11.8 Å². The zero-order valence-electron chi connectivity index (χ0n) is 11.7. The summed E-state index contributed by atoms with van der Waals surface area (Å²) in [6.45, 7) is 5.58. The van der Waals surface area contributed by atoms with Crippen molar-refractivity contribution in [3.8, 4) is 0 Å². The van der Waals surface area contributed by atoms with E-state index < -0.39 is 11.9 Å². The number of rotatable bonds is 2. The molecule has 1 aliphatic carbocycles. The fourth-order valence-corrected chi connectivity index (χ4v) is 3.16. The van der Waals surface area contributed by atoms with E-state index in [1.165, 1.54) is 0 Å². The van der Waals surface area contributed by atoms with Crippen molar-refractivity contribution in [1.82, 2.24) is 4.90 Å². The molecular weight excluding hydrogens is 246 g/mol. The smallest absolute Gasteiger partial charge is 0.307 e. The standard InChI is InChI=1S/C14H23NO4/c1-14(2)9-15(7-8-19-14)12(16)10-5-3-4-6-11(10)13(17)18/h10-11H,3-9H2,1-2H3,(H,17,18). The largest absolute Gasteiger partial charge is 0.481 e. The monoisotopic (exact) mass is 269 g/mol. The molecule has 19 heavy (non-hydrogen) atoms. The average molecular weight is 269 g/mol. The normalized spacial score (nSPS) is 30.9. The Kier molecular flexibility index (Phi) is 4.13. The summed E-state index contributed by atoms with van der Waals surface area (Å²) in [6, 6.07) is 0. The lowest BCUT2D eigenvalue weighted by atomic mass is 9.78. The van der Waals surface area contributed by atoms with E-state index in [0.717, 1.165) is 12.8 Å². The second kappa shape index (κ2) is 5.49. The van der Waals surface area contributed by atoms with Crippen LogP contribution in [-0.2, 0) is 14.3 Å². The Balaban J connectivity index is 2.06. The Labute approximate surface area is 113 Å². The van der Waals surface area contributed by atoms with Crippen molar-refractivity contribution in [2.75, 3.05) is 19.7 Å². The molecule has 1 N–H and O–H groups in total. The van der Waals surface area contributed by atoms with Crippen molar-refractivity contribution in [2.45, 2.75) is 45.1 Å². The molecule has 1 amide bonds. The second-order valence-corrected chi connectivity index (χ2v) is 6.20. The van der Waals surface area contributed by atoms with Gasteiger partial charge in [-0.05, 0) is 26.7 Å². The van der Waals surface area contributed by atoms with Gasteiger partial charge in [0.1, 0.15) is 0 Å². The Morgan fingerprint density at radius 3 is 2.42 bits per heavy atom. The first kappa shape index (κ1) is 14.3. The van der Waals surface area contributed by atoms with Crippen LogP contribution in [0.15, 0.2) is 0 Å². The van der Waals surface area contributed by atoms with Gasteiger partial charge in [-0.3, -0.25) is 9.59 Å². The average Bonchev–Trinajstić information content (AvgIpc) is 2.36. The molecule has 0 spiro atoms. The lowest BCUT2D eigenvalue weighted by Crippen LogP contribution is -2.53. The van der Waals surface area contributed by atoms with E-state index in [0.29, 0.717) is 32.5 Å². The van der Waals surface area contributed by atoms with Gasteiger partial charge < -0.3 is 14.7 Å². The minimum Gasteiger partial charge on any atom is -0.481 e. The number of ether oxygens (including phenoxy) is 1. The van der Waals surface area contributed by atoms with Crippen LogP contribution in [0.25, 0.3) is 0 Å². The van der Waals surface area contributed by atoms with E-state index in [-0.39, 0.29) is 17.4 Å². The van der Waals surface area contributed by atoms with Gasteiger partial charge in [0.2, 0.25) is 5.91 Å². The molecule has 1 aliphatic heterocycles. The van der Waals surface area contributed by atoms with Crippen LogP contribution in [0.4, 0.5) is 0 Å². The topological polar surface area (TPSA) is 66.8 Å². The predicted octanol–water partition coefficient (Wildman–Crippen LogP) is 1.51. The summed E-state index contributed by atoms with van der Waals surface area (Å²) in [6.07, 6.45) is 3.19. The number of carboxylic acid groups (broad SMARTS) is 1. The van der Waals surface area contributed by atoms with Crippen molar-refractivity contribution >= 4 is 11.9 Å². The quantitative estimate of drug-likeness (QED) is 0.825. The summed E-state index contributed by atoms with van der Waals surface area (Å²) >= 11 is 0. The van der Waals surface area contributed by atoms with Crippen molar-refractivity contribution in [2.24, 2.45) is 11.8 Å². The Bertz CT molecular complexity index is 366. The van der Waals surface area contributed by atoms with Crippen LogP contribution in [0.3, 0.4) is 0 Å². The molecule has 2 unspecified atom stereocenters. The first-order valence-electron chi connectivity index (χ1n) is 7.06. The number of aliphatic carboxylic acids is 1. The van der Waals surface area contributed by atoms with E-state index in [1.807, 2.05) is 13.8 Å². The summed E-state index contributed by atoms with van der Waals surface area (Å²) in [5, 5.41) is 9.26. The number of carbonyl (C=O) groups excluding carboxylic acids is 1. The molecule has 1 heterocycles. The molecule has 5 nitrogen and oxygen atoms in total. The van der Waals surface area contributed by atoms with Gasteiger partial charge in [-0.15, -0.1) is 0 Å². The highest BCUT2D eigenvalue weighted by Gasteiger charge is 2.40. The van der Waals surface area contributed by atoms with Gasteiger partial charge in [0.25, 0.3) is 0 Å². The van der Waals surface area contributed by atoms with E-state index >= 15 is 0 Å². The molecule has 2 rings (SSSR count). The maximum absolute atomic E-state index is 12.6. The van der Waals surface area contributed by atoms with E-state index in [4.69, 9.17) is 4.74 Å². The molecule has 5 heteroatoms. The number of carbonyl (C=O) groups is 2. The van der Waals surface area contributed by atoms with Gasteiger partial charge in [0.05, 0.1) is 24.0 Å². The highest BCUT2D eigenvalue weighted by Crippen LogP contribution is 2.32. The van der Waals surface area contributed by atoms with Crippen LogP contribution in [0.2, 0.25) is 0 Å². The van der Waals surface area contributed by atoms with E-state index in [9.17, 15) is 14.7 Å². The van der Waals surface area contributed by atoms with E-state index in [1.54, 1.807) is 4.90 Å². The minimum atomic E-state index is -0.828. The molecule has 0 bridgehead atoms. The molecule has 0 radical (unpaired) electrons. The van der Waals surface area contributed by atoms with Crippen LogP contribution in [-0.4, -0.2) is 47.2 Å². The van der Waals surface area contributed by atoms with Gasteiger partial charge in [-0.25, -0.2) is 0 Å². The third-order valence-corrected chi connectivity index (χ3v) is 4.14. The van der Waals surface area contributed by atoms with Crippen molar-refractivity contribution in [3.05, 3.63) is 0 Å². The third kappa shape index (κ3) is 3.26. The van der Waals surface area contributed by atoms with Crippen LogP contribution in [0.5, 0.6) is 0 Å². The van der Waals surface area contributed by atoms with Gasteiger partial charge in [0.15, 0.2) is 0 Å². The summed E-state index contributed by atoms with van der Waals surface area (Å²) in [5.74, 6) is -1.68. The first-order chi connectivity index (χ1) is 8.91. The van der Waals surface area contributed by atoms with Crippen molar-refractivity contribution in [1.29, 1.82) is 0 Å². The van der Waals surface area contributed by atoms with Crippen molar-refractivity contribution < 1.29 is 19.4 Å². The number of amides is 1. The molecule has 108 valence electrons. The summed E-state index contributed by atoms with van der Waals surface area (Å²) < 4.78 is 5.60. The highest BCUT2D eigenvalue weighted by atomic mass is 16.5. The molecule has 1 saturated carbocycles.